The maximum atomic E-state index is 13.2. The van der Waals surface area contributed by atoms with Gasteiger partial charge in [-0.15, -0.1) is 22.7 Å². The van der Waals surface area contributed by atoms with Crippen LogP contribution < -0.4 is 9.64 Å². The van der Waals surface area contributed by atoms with Crippen LogP contribution in [0.15, 0.2) is 59.3 Å². The highest BCUT2D eigenvalue weighted by Crippen LogP contribution is 2.41. The lowest BCUT2D eigenvalue weighted by Crippen LogP contribution is -2.49. The van der Waals surface area contributed by atoms with Gasteiger partial charge in [-0.2, -0.15) is 0 Å². The van der Waals surface area contributed by atoms with Gasteiger partial charge in [0.25, 0.3) is 0 Å². The summed E-state index contributed by atoms with van der Waals surface area (Å²) < 4.78 is 5.57. The molecule has 2 aromatic heterocycles. The van der Waals surface area contributed by atoms with Gasteiger partial charge in [-0.3, -0.25) is 9.59 Å². The van der Waals surface area contributed by atoms with E-state index in [2.05, 4.69) is 6.08 Å². The zero-order chi connectivity index (χ0) is 21.3. The maximum Gasteiger partial charge on any atom is 0.316 e. The second-order valence-electron chi connectivity index (χ2n) is 7.88. The molecule has 0 bridgehead atoms. The molecule has 0 saturated heterocycles. The van der Waals surface area contributed by atoms with Gasteiger partial charge in [0.05, 0.1) is 24.1 Å². The molecule has 0 N–H and O–H groups in total. The van der Waals surface area contributed by atoms with Gasteiger partial charge in [-0.25, -0.2) is 0 Å². The molecule has 4 rings (SSSR count). The molecule has 0 aliphatic carbocycles. The molecule has 30 heavy (non-hydrogen) atoms. The van der Waals surface area contributed by atoms with E-state index in [-0.39, 0.29) is 18.3 Å². The molecule has 0 saturated carbocycles. The maximum absolute atomic E-state index is 13.2. The molecule has 1 amide bonds. The van der Waals surface area contributed by atoms with Crippen LogP contribution in [-0.2, 0) is 22.4 Å². The molecule has 3 heterocycles. The van der Waals surface area contributed by atoms with E-state index in [9.17, 15) is 9.59 Å². The smallest absolute Gasteiger partial charge is 0.316 e. The van der Waals surface area contributed by atoms with Crippen molar-refractivity contribution in [2.24, 2.45) is 0 Å². The number of amides is 1. The van der Waals surface area contributed by atoms with Crippen LogP contribution in [-0.4, -0.2) is 17.4 Å². The van der Waals surface area contributed by atoms with E-state index in [1.807, 2.05) is 72.8 Å². The first kappa shape index (κ1) is 20.6. The van der Waals surface area contributed by atoms with E-state index >= 15 is 0 Å². The van der Waals surface area contributed by atoms with Crippen molar-refractivity contribution in [3.63, 3.8) is 0 Å². The predicted molar refractivity (Wildman–Crippen MR) is 123 cm³/mol. The third-order valence-corrected chi connectivity index (χ3v) is 6.82. The van der Waals surface area contributed by atoms with E-state index in [4.69, 9.17) is 4.74 Å². The number of esters is 1. The van der Waals surface area contributed by atoms with Crippen molar-refractivity contribution in [3.05, 3.63) is 74.6 Å². The van der Waals surface area contributed by atoms with Crippen LogP contribution in [0.4, 0.5) is 5.69 Å². The van der Waals surface area contributed by atoms with Crippen molar-refractivity contribution in [1.82, 2.24) is 0 Å². The summed E-state index contributed by atoms with van der Waals surface area (Å²) in [4.78, 5) is 29.4. The largest absolute Gasteiger partial charge is 0.426 e. The number of hydrogen-bond donors (Lipinski definition) is 0. The average Bonchev–Trinajstić information content (AvgIpc) is 3.35. The fourth-order valence-electron chi connectivity index (χ4n) is 3.89. The highest BCUT2D eigenvalue weighted by molar-refractivity contribution is 7.10. The first-order valence-corrected chi connectivity index (χ1v) is 11.5. The molecule has 1 aliphatic heterocycles. The first-order chi connectivity index (χ1) is 14.3. The molecule has 154 valence electrons. The molecule has 0 radical (unpaired) electrons. The van der Waals surface area contributed by atoms with Crippen LogP contribution in [0.25, 0.3) is 5.57 Å². The zero-order valence-corrected chi connectivity index (χ0v) is 18.8. The van der Waals surface area contributed by atoms with Crippen LogP contribution >= 0.6 is 22.7 Å². The molecular weight excluding hydrogens is 414 g/mol. The van der Waals surface area contributed by atoms with Crippen molar-refractivity contribution in [1.29, 1.82) is 0 Å². The number of fused-ring (bicyclic) bond motifs is 1. The number of ether oxygens (including phenoxy) is 1. The molecular formula is C24H23NO3S2. The molecule has 0 atom stereocenters. The molecule has 0 fully saturated rings. The Morgan fingerprint density at radius 2 is 1.67 bits per heavy atom. The SMILES string of the molecule is CC1=CC(C)(C)N(C(=O)Cc2cccs2)c2ccc(OC(=O)Cc3cccs3)cc21. The van der Waals surface area contributed by atoms with Gasteiger partial charge in [-0.05, 0) is 67.4 Å². The number of nitrogens with zero attached hydrogens (tertiary/aromatic N) is 1. The molecule has 0 unspecified atom stereocenters. The number of thiophene rings is 2. The highest BCUT2D eigenvalue weighted by Gasteiger charge is 2.36. The van der Waals surface area contributed by atoms with Crippen molar-refractivity contribution in [3.8, 4) is 5.75 Å². The van der Waals surface area contributed by atoms with Gasteiger partial charge in [-0.1, -0.05) is 18.2 Å². The third kappa shape index (κ3) is 4.25. The van der Waals surface area contributed by atoms with Crippen LogP contribution in [0.2, 0.25) is 0 Å². The van der Waals surface area contributed by atoms with E-state index in [0.717, 1.165) is 26.6 Å². The average molecular weight is 438 g/mol. The van der Waals surface area contributed by atoms with Crippen LogP contribution in [0.1, 0.15) is 36.1 Å². The Kier molecular flexibility index (Phi) is 5.62. The molecule has 1 aromatic carbocycles. The van der Waals surface area contributed by atoms with Gasteiger partial charge in [0.2, 0.25) is 5.91 Å². The van der Waals surface area contributed by atoms with E-state index in [1.54, 1.807) is 17.4 Å². The van der Waals surface area contributed by atoms with E-state index in [1.165, 1.54) is 11.3 Å². The Balaban J connectivity index is 1.60. The zero-order valence-electron chi connectivity index (χ0n) is 17.2. The Bertz CT molecular complexity index is 1100. The monoisotopic (exact) mass is 437 g/mol. The molecule has 1 aliphatic rings. The number of allylic oxidation sites excluding steroid dienone is 1. The summed E-state index contributed by atoms with van der Waals surface area (Å²) in [6.45, 7) is 6.11. The number of carbonyl (C=O) groups is 2. The molecule has 4 nitrogen and oxygen atoms in total. The normalized spacial score (nSPS) is 14.8. The summed E-state index contributed by atoms with van der Waals surface area (Å²) in [6, 6.07) is 13.3. The summed E-state index contributed by atoms with van der Waals surface area (Å²) >= 11 is 3.12. The van der Waals surface area contributed by atoms with E-state index < -0.39 is 5.54 Å². The number of hydrogen-bond acceptors (Lipinski definition) is 5. The fraction of sp³-hybridized carbons (Fsp3) is 0.250. The lowest BCUT2D eigenvalue weighted by molar-refractivity contribution is -0.133. The number of benzene rings is 1. The van der Waals surface area contributed by atoms with Crippen molar-refractivity contribution in [2.75, 3.05) is 4.90 Å². The number of carbonyl (C=O) groups excluding carboxylic acids is 2. The second-order valence-corrected chi connectivity index (χ2v) is 9.94. The van der Waals surface area contributed by atoms with Crippen LogP contribution in [0, 0.1) is 0 Å². The summed E-state index contributed by atoms with van der Waals surface area (Å²) in [6.07, 6.45) is 2.71. The van der Waals surface area contributed by atoms with Gasteiger partial charge < -0.3 is 9.64 Å². The minimum absolute atomic E-state index is 0.0508. The quantitative estimate of drug-likeness (QED) is 0.378. The second kappa shape index (κ2) is 8.20. The lowest BCUT2D eigenvalue weighted by atomic mass is 9.88. The highest BCUT2D eigenvalue weighted by atomic mass is 32.1. The summed E-state index contributed by atoms with van der Waals surface area (Å²) in [7, 11) is 0. The summed E-state index contributed by atoms with van der Waals surface area (Å²) in [5, 5.41) is 3.93. The van der Waals surface area contributed by atoms with Gasteiger partial charge in [0, 0.05) is 15.3 Å². The lowest BCUT2D eigenvalue weighted by Gasteiger charge is -2.41. The minimum Gasteiger partial charge on any atom is -0.426 e. The summed E-state index contributed by atoms with van der Waals surface area (Å²) in [5.74, 6) is 0.254. The first-order valence-electron chi connectivity index (χ1n) is 9.76. The van der Waals surface area contributed by atoms with E-state index in [0.29, 0.717) is 12.2 Å². The van der Waals surface area contributed by atoms with Gasteiger partial charge in [0.1, 0.15) is 5.75 Å². The van der Waals surface area contributed by atoms with Gasteiger partial charge >= 0.3 is 5.97 Å². The Morgan fingerprint density at radius 1 is 1.00 bits per heavy atom. The standard InChI is InChI=1S/C24H23NO3S2/c1-16-15-24(2,3)25(22(26)13-18-6-4-10-29-18)21-9-8-17(12-20(16)21)28-23(27)14-19-7-5-11-30-19/h4-12,15H,13-14H2,1-3H3. The third-order valence-electron chi connectivity index (χ3n) is 5.07. The fourth-order valence-corrected chi connectivity index (χ4v) is 5.28. The minimum atomic E-state index is -0.442. The van der Waals surface area contributed by atoms with Crippen molar-refractivity contribution < 1.29 is 14.3 Å². The molecule has 6 heteroatoms. The Labute approximate surface area is 184 Å². The number of anilines is 1. The molecule has 3 aromatic rings. The number of rotatable bonds is 5. The van der Waals surface area contributed by atoms with Crippen molar-refractivity contribution >= 4 is 45.8 Å². The van der Waals surface area contributed by atoms with Gasteiger partial charge in [0.15, 0.2) is 0 Å². The predicted octanol–water partition coefficient (Wildman–Crippen LogP) is 5.73. The molecule has 0 spiro atoms. The topological polar surface area (TPSA) is 46.6 Å². The Morgan fingerprint density at radius 3 is 2.30 bits per heavy atom. The van der Waals surface area contributed by atoms with Crippen LogP contribution in [0.5, 0.6) is 5.75 Å². The summed E-state index contributed by atoms with van der Waals surface area (Å²) in [5.41, 5.74) is 2.38. The van der Waals surface area contributed by atoms with Crippen LogP contribution in [0.3, 0.4) is 0 Å². The Hall–Kier alpha value is -2.70. The van der Waals surface area contributed by atoms with Crippen molar-refractivity contribution in [2.45, 2.75) is 39.2 Å².